The maximum atomic E-state index is 11.1. The Morgan fingerprint density at radius 3 is 2.33 bits per heavy atom. The zero-order valence-electron chi connectivity index (χ0n) is 11.6. The Morgan fingerprint density at radius 1 is 1.28 bits per heavy atom. The molecule has 0 N–H and O–H groups in total. The molecule has 0 saturated carbocycles. The van der Waals surface area contributed by atoms with Crippen LogP contribution in [0.5, 0.6) is 0 Å². The van der Waals surface area contributed by atoms with E-state index in [9.17, 15) is 9.59 Å². The van der Waals surface area contributed by atoms with Gasteiger partial charge in [-0.15, -0.1) is 0 Å². The molecule has 0 radical (unpaired) electrons. The Balaban J connectivity index is 4.08. The molecule has 0 rings (SSSR count). The van der Waals surface area contributed by atoms with Crippen LogP contribution in [-0.4, -0.2) is 33.7 Å². The van der Waals surface area contributed by atoms with Crippen LogP contribution in [0.25, 0.3) is 0 Å². The number of hydrogen-bond donors (Lipinski definition) is 0. The Kier molecular flexibility index (Phi) is 7.53. The van der Waals surface area contributed by atoms with E-state index in [0.717, 1.165) is 0 Å². The van der Waals surface area contributed by atoms with Gasteiger partial charge in [0.25, 0.3) is 5.97 Å². The number of carbonyl (C=O) groups is 2. The molecule has 0 aromatic carbocycles. The van der Waals surface area contributed by atoms with Crippen molar-refractivity contribution in [3.63, 3.8) is 0 Å². The minimum absolute atomic E-state index is 0.280. The van der Waals surface area contributed by atoms with E-state index in [1.807, 2.05) is 13.5 Å². The molecular weight excluding hydrogens is 252 g/mol. The van der Waals surface area contributed by atoms with Gasteiger partial charge in [-0.2, -0.15) is 0 Å². The van der Waals surface area contributed by atoms with Crippen molar-refractivity contribution in [2.75, 3.05) is 13.2 Å². The summed E-state index contributed by atoms with van der Waals surface area (Å²) in [6.45, 7) is 10.9. The van der Waals surface area contributed by atoms with Crippen molar-refractivity contribution in [3.8, 4) is 0 Å². The monoisotopic (exact) mass is 274 g/mol. The molecule has 6 heteroatoms. The van der Waals surface area contributed by atoms with Gasteiger partial charge in [0.1, 0.15) is 0 Å². The van der Waals surface area contributed by atoms with E-state index in [1.165, 1.54) is 6.92 Å². The molecule has 0 aliphatic rings. The highest BCUT2D eigenvalue weighted by molar-refractivity contribution is 6.67. The zero-order valence-corrected chi connectivity index (χ0v) is 12.6. The Morgan fingerprint density at radius 2 is 1.89 bits per heavy atom. The maximum absolute atomic E-state index is 11.1. The predicted molar refractivity (Wildman–Crippen MR) is 70.2 cm³/mol. The van der Waals surface area contributed by atoms with E-state index in [-0.39, 0.29) is 12.6 Å². The second kappa shape index (κ2) is 8.05. The van der Waals surface area contributed by atoms with Gasteiger partial charge in [-0.3, -0.25) is 4.79 Å². The molecule has 1 unspecified atom stereocenters. The summed E-state index contributed by atoms with van der Waals surface area (Å²) in [6.07, 6.45) is 0.606. The largest absolute Gasteiger partial charge is 0.494 e. The normalized spacial score (nSPS) is 13.6. The van der Waals surface area contributed by atoms with Crippen LogP contribution >= 0.6 is 0 Å². The first-order valence-corrected chi connectivity index (χ1v) is 8.49. The fourth-order valence-electron chi connectivity index (χ4n) is 1.44. The average molecular weight is 274 g/mol. The van der Waals surface area contributed by atoms with Crippen molar-refractivity contribution < 1.29 is 23.2 Å². The van der Waals surface area contributed by atoms with Crippen LogP contribution in [0.4, 0.5) is 0 Å². The van der Waals surface area contributed by atoms with Crippen molar-refractivity contribution in [1.82, 2.24) is 0 Å². The second-order valence-corrected chi connectivity index (χ2v) is 7.44. The quantitative estimate of drug-likeness (QED) is 0.294. The lowest BCUT2D eigenvalue weighted by atomic mass is 10.4. The van der Waals surface area contributed by atoms with E-state index in [2.05, 4.69) is 6.58 Å². The molecule has 1 atom stereocenters. The van der Waals surface area contributed by atoms with E-state index in [0.29, 0.717) is 24.6 Å². The molecule has 0 heterocycles. The third-order valence-corrected chi connectivity index (χ3v) is 5.05. The fourth-order valence-corrected chi connectivity index (χ4v) is 3.75. The Hall–Kier alpha value is -1.14. The number of carbonyl (C=O) groups excluding carboxylic acids is 2. The van der Waals surface area contributed by atoms with Crippen molar-refractivity contribution in [3.05, 3.63) is 12.2 Å². The van der Waals surface area contributed by atoms with Gasteiger partial charge < -0.3 is 13.6 Å². The summed E-state index contributed by atoms with van der Waals surface area (Å²) >= 11 is 0. The summed E-state index contributed by atoms with van der Waals surface area (Å²) in [7, 11) is -2.47. The van der Waals surface area contributed by atoms with Gasteiger partial charge >= 0.3 is 14.5 Å². The molecule has 5 nitrogen and oxygen atoms in total. The highest BCUT2D eigenvalue weighted by Gasteiger charge is 2.33. The molecule has 104 valence electrons. The van der Waals surface area contributed by atoms with Gasteiger partial charge in [0, 0.05) is 25.1 Å². The third-order valence-electron chi connectivity index (χ3n) is 2.17. The summed E-state index contributed by atoms with van der Waals surface area (Å²) in [5.41, 5.74) is 0.375. The molecule has 0 aliphatic heterocycles. The van der Waals surface area contributed by atoms with Crippen LogP contribution in [0.1, 0.15) is 27.2 Å². The smallest absolute Gasteiger partial charge is 0.398 e. The lowest BCUT2D eigenvalue weighted by molar-refractivity contribution is -0.139. The Bertz CT molecular complexity index is 316. The van der Waals surface area contributed by atoms with E-state index >= 15 is 0 Å². The van der Waals surface area contributed by atoms with E-state index in [4.69, 9.17) is 13.6 Å². The molecule has 0 bridgehead atoms. The van der Waals surface area contributed by atoms with Crippen molar-refractivity contribution >= 4 is 20.5 Å². The minimum Gasteiger partial charge on any atom is -0.494 e. The predicted octanol–water partition coefficient (Wildman–Crippen LogP) is 2.17. The van der Waals surface area contributed by atoms with Crippen LogP contribution in [0.2, 0.25) is 12.6 Å². The second-order valence-electron chi connectivity index (χ2n) is 4.18. The van der Waals surface area contributed by atoms with Gasteiger partial charge in [-0.05, 0) is 26.8 Å². The summed E-state index contributed by atoms with van der Waals surface area (Å²) in [5.74, 6) is -0.737. The molecule has 0 spiro atoms. The lowest BCUT2D eigenvalue weighted by Gasteiger charge is -2.25. The molecular formula is C12H22O5Si. The Labute approximate surface area is 109 Å². The van der Waals surface area contributed by atoms with E-state index in [1.54, 1.807) is 6.92 Å². The molecule has 0 aromatic heterocycles. The van der Waals surface area contributed by atoms with Gasteiger partial charge in [0.05, 0.1) is 6.61 Å². The first-order valence-electron chi connectivity index (χ1n) is 5.97. The van der Waals surface area contributed by atoms with Gasteiger partial charge in [-0.25, -0.2) is 4.79 Å². The maximum Gasteiger partial charge on any atom is 0.398 e. The van der Waals surface area contributed by atoms with Crippen molar-refractivity contribution in [1.29, 1.82) is 0 Å². The molecule has 0 saturated heterocycles. The fraction of sp³-hybridized carbons (Fsp3) is 0.667. The first kappa shape index (κ1) is 16.9. The SMILES string of the molecule is C=C(C)C(=O)OCCC[Si](C)(OCC)OC(C)=O. The third kappa shape index (κ3) is 7.23. The number of rotatable bonds is 8. The first-order chi connectivity index (χ1) is 8.30. The summed E-state index contributed by atoms with van der Waals surface area (Å²) in [6, 6.07) is 0.601. The summed E-state index contributed by atoms with van der Waals surface area (Å²) in [4.78, 5) is 22.1. The van der Waals surface area contributed by atoms with Gasteiger partial charge in [0.2, 0.25) is 0 Å². The molecule has 0 aromatic rings. The molecule has 0 aliphatic carbocycles. The van der Waals surface area contributed by atoms with Gasteiger partial charge in [-0.1, -0.05) is 6.58 Å². The van der Waals surface area contributed by atoms with Crippen molar-refractivity contribution in [2.24, 2.45) is 0 Å². The van der Waals surface area contributed by atoms with Crippen LogP contribution in [0, 0.1) is 0 Å². The number of hydrogen-bond acceptors (Lipinski definition) is 5. The van der Waals surface area contributed by atoms with Gasteiger partial charge in [0.15, 0.2) is 0 Å². The summed E-state index contributed by atoms with van der Waals surface area (Å²) < 4.78 is 15.8. The average Bonchev–Trinajstić information content (AvgIpc) is 2.23. The lowest BCUT2D eigenvalue weighted by Crippen LogP contribution is -2.40. The summed E-state index contributed by atoms with van der Waals surface area (Å²) in [5, 5.41) is 0. The number of esters is 1. The van der Waals surface area contributed by atoms with Crippen LogP contribution in [0.3, 0.4) is 0 Å². The highest BCUT2D eigenvalue weighted by atomic mass is 28.4. The molecule has 0 fully saturated rings. The van der Waals surface area contributed by atoms with Crippen LogP contribution in [-0.2, 0) is 23.2 Å². The van der Waals surface area contributed by atoms with Crippen molar-refractivity contribution in [2.45, 2.75) is 39.8 Å². The highest BCUT2D eigenvalue weighted by Crippen LogP contribution is 2.16. The minimum atomic E-state index is -2.47. The molecule has 0 amide bonds. The standard InChI is InChI=1S/C12H22O5Si/c1-6-16-18(5,17-11(4)13)9-7-8-15-12(14)10(2)3/h2,6-9H2,1,3-5H3. The van der Waals surface area contributed by atoms with Crippen LogP contribution in [0.15, 0.2) is 12.2 Å². The molecule has 18 heavy (non-hydrogen) atoms. The van der Waals surface area contributed by atoms with Crippen LogP contribution < -0.4 is 0 Å². The zero-order chi connectivity index (χ0) is 14.2. The number of ether oxygens (including phenoxy) is 1. The van der Waals surface area contributed by atoms with E-state index < -0.39 is 14.5 Å². The topological polar surface area (TPSA) is 61.8 Å².